The maximum atomic E-state index is 12.6. The third kappa shape index (κ3) is 4.53. The fourth-order valence-electron chi connectivity index (χ4n) is 4.19. The topological polar surface area (TPSA) is 68.7 Å². The molecule has 3 aromatic rings. The van der Waals surface area contributed by atoms with Crippen molar-refractivity contribution in [2.24, 2.45) is 0 Å². The Morgan fingerprint density at radius 1 is 1.16 bits per heavy atom. The van der Waals surface area contributed by atoms with Gasteiger partial charge in [0, 0.05) is 17.4 Å². The molecule has 0 N–H and O–H groups in total. The van der Waals surface area contributed by atoms with Crippen LogP contribution in [-0.2, 0) is 20.7 Å². The summed E-state index contributed by atoms with van der Waals surface area (Å²) < 4.78 is 11.2. The van der Waals surface area contributed by atoms with Crippen LogP contribution in [0, 0.1) is 0 Å². The van der Waals surface area contributed by atoms with Crippen molar-refractivity contribution in [2.45, 2.75) is 38.2 Å². The number of rotatable bonds is 6. The summed E-state index contributed by atoms with van der Waals surface area (Å²) in [6, 6.07) is 15.9. The van der Waals surface area contributed by atoms with Gasteiger partial charge in [-0.1, -0.05) is 30.3 Å². The minimum Gasteiger partial charge on any atom is -0.482 e. The van der Waals surface area contributed by atoms with E-state index in [9.17, 15) is 9.59 Å². The molecule has 2 aliphatic rings. The van der Waals surface area contributed by atoms with Gasteiger partial charge in [0.2, 0.25) is 0 Å². The van der Waals surface area contributed by atoms with E-state index in [-0.39, 0.29) is 31.1 Å². The number of benzene rings is 2. The monoisotopic (exact) mass is 448 g/mol. The van der Waals surface area contributed by atoms with Crippen LogP contribution in [0.5, 0.6) is 5.75 Å². The number of nitrogens with zero attached hydrogens (tertiary/aromatic N) is 2. The SMILES string of the molecule is O=C(CN1C(=O)COc2ccc(-c3csc(Cc4ccccc4)n3)cc21)OC1CCCC1. The molecular formula is C25H24N2O4S. The molecule has 6 nitrogen and oxygen atoms in total. The Hall–Kier alpha value is -3.19. The molecule has 7 heteroatoms. The summed E-state index contributed by atoms with van der Waals surface area (Å²) in [6.45, 7) is -0.188. The molecule has 1 aliphatic heterocycles. The number of carbonyl (C=O) groups is 2. The van der Waals surface area contributed by atoms with Crippen molar-refractivity contribution in [1.82, 2.24) is 4.98 Å². The first-order valence-electron chi connectivity index (χ1n) is 10.9. The Labute approximate surface area is 190 Å². The van der Waals surface area contributed by atoms with Crippen LogP contribution in [0.3, 0.4) is 0 Å². The average Bonchev–Trinajstić information content (AvgIpc) is 3.48. The van der Waals surface area contributed by atoms with E-state index in [1.807, 2.05) is 41.8 Å². The highest BCUT2D eigenvalue weighted by Crippen LogP contribution is 2.36. The second-order valence-corrected chi connectivity index (χ2v) is 9.08. The number of aromatic nitrogens is 1. The van der Waals surface area contributed by atoms with E-state index in [2.05, 4.69) is 12.1 Å². The summed E-state index contributed by atoms with van der Waals surface area (Å²) in [5.74, 6) is -0.0369. The Morgan fingerprint density at radius 2 is 1.97 bits per heavy atom. The quantitative estimate of drug-likeness (QED) is 0.515. The van der Waals surface area contributed by atoms with Crippen molar-refractivity contribution >= 4 is 28.9 Å². The molecule has 32 heavy (non-hydrogen) atoms. The predicted octanol–water partition coefficient (Wildman–Crippen LogP) is 4.61. The van der Waals surface area contributed by atoms with Crippen LogP contribution < -0.4 is 9.64 Å². The van der Waals surface area contributed by atoms with E-state index >= 15 is 0 Å². The van der Waals surface area contributed by atoms with Crippen molar-refractivity contribution in [1.29, 1.82) is 0 Å². The first-order valence-corrected chi connectivity index (χ1v) is 11.8. The normalized spacial score (nSPS) is 16.0. The number of anilines is 1. The van der Waals surface area contributed by atoms with E-state index in [1.54, 1.807) is 11.3 Å². The van der Waals surface area contributed by atoms with Gasteiger partial charge in [0.25, 0.3) is 5.91 Å². The van der Waals surface area contributed by atoms with Crippen molar-refractivity contribution in [3.8, 4) is 17.0 Å². The highest BCUT2D eigenvalue weighted by atomic mass is 32.1. The van der Waals surface area contributed by atoms with Crippen LogP contribution in [0.2, 0.25) is 0 Å². The highest BCUT2D eigenvalue weighted by molar-refractivity contribution is 7.10. The lowest BCUT2D eigenvalue weighted by molar-refractivity contribution is -0.147. The lowest BCUT2D eigenvalue weighted by Gasteiger charge is -2.29. The van der Waals surface area contributed by atoms with Gasteiger partial charge in [-0.15, -0.1) is 11.3 Å². The molecule has 1 aromatic heterocycles. The molecule has 0 atom stereocenters. The summed E-state index contributed by atoms with van der Waals surface area (Å²) in [5, 5.41) is 3.04. The van der Waals surface area contributed by atoms with Crippen molar-refractivity contribution in [3.05, 3.63) is 64.5 Å². The van der Waals surface area contributed by atoms with E-state index in [4.69, 9.17) is 14.5 Å². The molecule has 1 saturated carbocycles. The number of amides is 1. The van der Waals surface area contributed by atoms with Gasteiger partial charge in [-0.3, -0.25) is 14.5 Å². The predicted molar refractivity (Wildman–Crippen MR) is 123 cm³/mol. The standard InChI is InChI=1S/C25H24N2O4S/c28-24-15-30-22-11-10-18(20-16-32-23(26-20)12-17-6-2-1-3-7-17)13-21(22)27(24)14-25(29)31-19-8-4-5-9-19/h1-3,6-7,10-11,13,16,19H,4-5,8-9,12,14-15H2. The second-order valence-electron chi connectivity index (χ2n) is 8.14. The lowest BCUT2D eigenvalue weighted by atomic mass is 10.1. The highest BCUT2D eigenvalue weighted by Gasteiger charge is 2.30. The van der Waals surface area contributed by atoms with Crippen LogP contribution >= 0.6 is 11.3 Å². The summed E-state index contributed by atoms with van der Waals surface area (Å²) in [6.07, 6.45) is 4.72. The van der Waals surface area contributed by atoms with Gasteiger partial charge >= 0.3 is 5.97 Å². The van der Waals surface area contributed by atoms with Gasteiger partial charge in [0.05, 0.1) is 16.4 Å². The molecule has 0 spiro atoms. The Morgan fingerprint density at radius 3 is 2.78 bits per heavy atom. The van der Waals surface area contributed by atoms with Crippen molar-refractivity contribution in [3.63, 3.8) is 0 Å². The molecular weight excluding hydrogens is 424 g/mol. The minimum atomic E-state index is -0.373. The number of hydrogen-bond donors (Lipinski definition) is 0. The first-order chi connectivity index (χ1) is 15.7. The average molecular weight is 449 g/mol. The summed E-state index contributed by atoms with van der Waals surface area (Å²) in [5.41, 5.74) is 3.52. The van der Waals surface area contributed by atoms with Gasteiger partial charge in [-0.25, -0.2) is 4.98 Å². The molecule has 1 amide bonds. The first kappa shape index (κ1) is 20.7. The smallest absolute Gasteiger partial charge is 0.326 e. The van der Waals surface area contributed by atoms with E-state index in [0.717, 1.165) is 48.4 Å². The number of esters is 1. The summed E-state index contributed by atoms with van der Waals surface area (Å²) in [4.78, 5) is 31.3. The maximum Gasteiger partial charge on any atom is 0.326 e. The fraction of sp³-hybridized carbons (Fsp3) is 0.320. The third-order valence-corrected chi connectivity index (χ3v) is 6.68. The van der Waals surface area contributed by atoms with Crippen LogP contribution in [-0.4, -0.2) is 36.1 Å². The van der Waals surface area contributed by atoms with E-state index in [0.29, 0.717) is 11.4 Å². The molecule has 0 radical (unpaired) electrons. The van der Waals surface area contributed by atoms with E-state index < -0.39 is 0 Å². The number of hydrogen-bond acceptors (Lipinski definition) is 6. The van der Waals surface area contributed by atoms with Gasteiger partial charge in [-0.2, -0.15) is 0 Å². The van der Waals surface area contributed by atoms with Gasteiger partial charge < -0.3 is 9.47 Å². The van der Waals surface area contributed by atoms with Gasteiger partial charge in [0.1, 0.15) is 18.4 Å². The molecule has 0 unspecified atom stereocenters. The molecule has 1 fully saturated rings. The zero-order chi connectivity index (χ0) is 21.9. The maximum absolute atomic E-state index is 12.6. The van der Waals surface area contributed by atoms with Crippen LogP contribution in [0.15, 0.2) is 53.9 Å². The number of carbonyl (C=O) groups excluding carboxylic acids is 2. The molecule has 0 saturated heterocycles. The molecule has 5 rings (SSSR count). The molecule has 0 bridgehead atoms. The molecule has 2 heterocycles. The van der Waals surface area contributed by atoms with Crippen LogP contribution in [0.1, 0.15) is 36.3 Å². The Kier molecular flexibility index (Phi) is 5.90. The minimum absolute atomic E-state index is 0.0255. The Bertz CT molecular complexity index is 1120. The van der Waals surface area contributed by atoms with Crippen LogP contribution in [0.4, 0.5) is 5.69 Å². The molecule has 2 aromatic carbocycles. The van der Waals surface area contributed by atoms with Crippen molar-refractivity contribution < 1.29 is 19.1 Å². The zero-order valence-electron chi connectivity index (χ0n) is 17.7. The fourth-order valence-corrected chi connectivity index (χ4v) is 5.03. The second kappa shape index (κ2) is 9.12. The van der Waals surface area contributed by atoms with Crippen LogP contribution in [0.25, 0.3) is 11.3 Å². The lowest BCUT2D eigenvalue weighted by Crippen LogP contribution is -2.43. The van der Waals surface area contributed by atoms with Crippen molar-refractivity contribution in [2.75, 3.05) is 18.1 Å². The molecule has 1 aliphatic carbocycles. The largest absolute Gasteiger partial charge is 0.482 e. The molecule has 164 valence electrons. The number of thiazole rings is 1. The Balaban J connectivity index is 1.35. The zero-order valence-corrected chi connectivity index (χ0v) is 18.5. The van der Waals surface area contributed by atoms with E-state index in [1.165, 1.54) is 10.5 Å². The third-order valence-electron chi connectivity index (χ3n) is 5.84. The van der Waals surface area contributed by atoms with Gasteiger partial charge in [0.15, 0.2) is 6.61 Å². The number of ether oxygens (including phenoxy) is 2. The summed E-state index contributed by atoms with van der Waals surface area (Å²) in [7, 11) is 0. The van der Waals surface area contributed by atoms with Gasteiger partial charge in [-0.05, 0) is 49.4 Å². The summed E-state index contributed by atoms with van der Waals surface area (Å²) >= 11 is 1.61. The number of fused-ring (bicyclic) bond motifs is 1.